The van der Waals surface area contributed by atoms with Crippen LogP contribution in [0.5, 0.6) is 0 Å². The molecule has 2 rings (SSSR count). The average Bonchev–Trinajstić information content (AvgIpc) is 2.67. The molecule has 1 saturated heterocycles. The summed E-state index contributed by atoms with van der Waals surface area (Å²) in [6, 6.07) is 0.841. The van der Waals surface area contributed by atoms with Crippen molar-refractivity contribution in [1.29, 1.82) is 0 Å². The molecule has 1 heterocycles. The molecule has 3 atom stereocenters. The van der Waals surface area contributed by atoms with Gasteiger partial charge in [0.05, 0.1) is 0 Å². The first kappa shape index (κ1) is 14.8. The van der Waals surface area contributed by atoms with Crippen molar-refractivity contribution in [1.82, 2.24) is 10.6 Å². The minimum Gasteiger partial charge on any atom is -0.353 e. The van der Waals surface area contributed by atoms with Crippen LogP contribution in [-0.4, -0.2) is 24.5 Å². The van der Waals surface area contributed by atoms with Gasteiger partial charge in [0, 0.05) is 18.0 Å². The smallest absolute Gasteiger partial charge is 0.223 e. The Morgan fingerprint density at radius 1 is 1.16 bits per heavy atom. The van der Waals surface area contributed by atoms with E-state index in [4.69, 9.17) is 0 Å². The molecule has 3 heteroatoms. The first-order chi connectivity index (χ1) is 9.16. The second-order valence-electron chi connectivity index (χ2n) is 6.63. The molecular formula is C16H30N2O. The van der Waals surface area contributed by atoms with Crippen molar-refractivity contribution >= 4 is 5.91 Å². The van der Waals surface area contributed by atoms with Crippen LogP contribution in [0.25, 0.3) is 0 Å². The lowest BCUT2D eigenvalue weighted by molar-refractivity contribution is -0.127. The number of piperidine rings is 1. The molecule has 0 spiro atoms. The molecule has 0 aromatic rings. The van der Waals surface area contributed by atoms with Crippen LogP contribution in [0.2, 0.25) is 0 Å². The van der Waals surface area contributed by atoms with Crippen LogP contribution in [0, 0.1) is 11.8 Å². The highest BCUT2D eigenvalue weighted by molar-refractivity contribution is 5.79. The van der Waals surface area contributed by atoms with E-state index in [2.05, 4.69) is 24.5 Å². The topological polar surface area (TPSA) is 41.1 Å². The lowest BCUT2D eigenvalue weighted by Gasteiger charge is -2.30. The molecule has 2 N–H and O–H groups in total. The monoisotopic (exact) mass is 266 g/mol. The third kappa shape index (κ3) is 4.48. The summed E-state index contributed by atoms with van der Waals surface area (Å²) in [4.78, 5) is 12.3. The molecule has 0 aromatic heterocycles. The fourth-order valence-corrected chi connectivity index (χ4v) is 3.64. The van der Waals surface area contributed by atoms with Gasteiger partial charge in [0.2, 0.25) is 5.91 Å². The third-order valence-corrected chi connectivity index (χ3v) is 4.97. The average molecular weight is 266 g/mol. The zero-order chi connectivity index (χ0) is 13.7. The Kier molecular flexibility index (Phi) is 5.68. The van der Waals surface area contributed by atoms with Crippen LogP contribution in [0.1, 0.15) is 65.2 Å². The maximum Gasteiger partial charge on any atom is 0.223 e. The van der Waals surface area contributed by atoms with Crippen LogP contribution >= 0.6 is 0 Å². The number of nitrogens with one attached hydrogen (secondary N) is 2. The largest absolute Gasteiger partial charge is 0.353 e. The Morgan fingerprint density at radius 2 is 1.84 bits per heavy atom. The third-order valence-electron chi connectivity index (χ3n) is 4.97. The molecule has 110 valence electrons. The highest BCUT2D eigenvalue weighted by atomic mass is 16.1. The quantitative estimate of drug-likeness (QED) is 0.771. The summed E-state index contributed by atoms with van der Waals surface area (Å²) in [5, 5.41) is 6.71. The predicted octanol–water partition coefficient (Wildman–Crippen LogP) is 2.85. The van der Waals surface area contributed by atoms with Gasteiger partial charge in [-0.05, 0) is 52.0 Å². The van der Waals surface area contributed by atoms with Gasteiger partial charge in [-0.25, -0.2) is 0 Å². The van der Waals surface area contributed by atoms with E-state index in [1.165, 1.54) is 38.5 Å². The zero-order valence-electron chi connectivity index (χ0n) is 12.6. The molecule has 19 heavy (non-hydrogen) atoms. The van der Waals surface area contributed by atoms with E-state index >= 15 is 0 Å². The van der Waals surface area contributed by atoms with Gasteiger partial charge in [0.15, 0.2) is 0 Å². The maximum atomic E-state index is 12.3. The SMILES string of the molecule is CC1CC(C(=O)N[C@@H](C)C2CCCCCC2)CCN1. The van der Waals surface area contributed by atoms with Crippen LogP contribution < -0.4 is 10.6 Å². The number of hydrogen-bond acceptors (Lipinski definition) is 2. The second kappa shape index (κ2) is 7.28. The molecular weight excluding hydrogens is 236 g/mol. The number of amides is 1. The van der Waals surface area contributed by atoms with Gasteiger partial charge in [-0.15, -0.1) is 0 Å². The van der Waals surface area contributed by atoms with Crippen LogP contribution in [0.3, 0.4) is 0 Å². The van der Waals surface area contributed by atoms with E-state index in [1.54, 1.807) is 0 Å². The molecule has 2 aliphatic rings. The summed E-state index contributed by atoms with van der Waals surface area (Å²) in [5.41, 5.74) is 0. The summed E-state index contributed by atoms with van der Waals surface area (Å²) in [6.45, 7) is 5.36. The molecule has 2 unspecified atom stereocenters. The zero-order valence-corrected chi connectivity index (χ0v) is 12.6. The Balaban J connectivity index is 1.80. The summed E-state index contributed by atoms with van der Waals surface area (Å²) < 4.78 is 0. The Morgan fingerprint density at radius 3 is 2.47 bits per heavy atom. The first-order valence-corrected chi connectivity index (χ1v) is 8.20. The summed E-state index contributed by atoms with van der Waals surface area (Å²) in [7, 11) is 0. The Bertz CT molecular complexity index is 284. The minimum atomic E-state index is 0.226. The molecule has 3 nitrogen and oxygen atoms in total. The van der Waals surface area contributed by atoms with Gasteiger partial charge >= 0.3 is 0 Å². The Hall–Kier alpha value is -0.570. The molecule has 2 fully saturated rings. The number of hydrogen-bond donors (Lipinski definition) is 2. The summed E-state index contributed by atoms with van der Waals surface area (Å²) in [6.07, 6.45) is 10.0. The fraction of sp³-hybridized carbons (Fsp3) is 0.938. The molecule has 1 saturated carbocycles. The van der Waals surface area contributed by atoms with Crippen molar-refractivity contribution in [2.24, 2.45) is 11.8 Å². The predicted molar refractivity (Wildman–Crippen MR) is 79.0 cm³/mol. The Labute approximate surface area is 117 Å². The summed E-state index contributed by atoms with van der Waals surface area (Å²) in [5.74, 6) is 1.22. The number of carbonyl (C=O) groups excluding carboxylic acids is 1. The van der Waals surface area contributed by atoms with Crippen LogP contribution in [0.15, 0.2) is 0 Å². The normalized spacial score (nSPS) is 31.5. The van der Waals surface area contributed by atoms with Crippen molar-refractivity contribution in [3.05, 3.63) is 0 Å². The van der Waals surface area contributed by atoms with Gasteiger partial charge in [-0.2, -0.15) is 0 Å². The summed E-state index contributed by atoms with van der Waals surface area (Å²) >= 11 is 0. The maximum absolute atomic E-state index is 12.3. The van der Waals surface area contributed by atoms with E-state index in [0.29, 0.717) is 23.9 Å². The van der Waals surface area contributed by atoms with E-state index < -0.39 is 0 Å². The van der Waals surface area contributed by atoms with Crippen molar-refractivity contribution in [2.45, 2.75) is 77.3 Å². The molecule has 1 aliphatic carbocycles. The van der Waals surface area contributed by atoms with Crippen molar-refractivity contribution < 1.29 is 4.79 Å². The van der Waals surface area contributed by atoms with Gasteiger partial charge < -0.3 is 10.6 Å². The van der Waals surface area contributed by atoms with E-state index in [1.807, 2.05) is 0 Å². The fourth-order valence-electron chi connectivity index (χ4n) is 3.64. The van der Waals surface area contributed by atoms with Gasteiger partial charge in [-0.1, -0.05) is 25.7 Å². The van der Waals surface area contributed by atoms with Gasteiger partial charge in [0.1, 0.15) is 0 Å². The number of rotatable bonds is 3. The van der Waals surface area contributed by atoms with E-state index in [9.17, 15) is 4.79 Å². The molecule has 0 radical (unpaired) electrons. The lowest BCUT2D eigenvalue weighted by Crippen LogP contribution is -2.46. The second-order valence-corrected chi connectivity index (χ2v) is 6.63. The first-order valence-electron chi connectivity index (χ1n) is 8.20. The van der Waals surface area contributed by atoms with E-state index in [-0.39, 0.29) is 5.92 Å². The van der Waals surface area contributed by atoms with Crippen molar-refractivity contribution in [3.8, 4) is 0 Å². The van der Waals surface area contributed by atoms with Crippen LogP contribution in [-0.2, 0) is 4.79 Å². The molecule has 1 aliphatic heterocycles. The van der Waals surface area contributed by atoms with Crippen molar-refractivity contribution in [2.75, 3.05) is 6.54 Å². The lowest BCUT2D eigenvalue weighted by atomic mass is 9.90. The van der Waals surface area contributed by atoms with Gasteiger partial charge in [0.25, 0.3) is 0 Å². The van der Waals surface area contributed by atoms with Gasteiger partial charge in [-0.3, -0.25) is 4.79 Å². The van der Waals surface area contributed by atoms with Crippen molar-refractivity contribution in [3.63, 3.8) is 0 Å². The van der Waals surface area contributed by atoms with E-state index in [0.717, 1.165) is 19.4 Å². The van der Waals surface area contributed by atoms with Crippen LogP contribution in [0.4, 0.5) is 0 Å². The standard InChI is InChI=1S/C16H30N2O/c1-12-11-15(9-10-17-12)16(19)18-13(2)14-7-5-3-4-6-8-14/h12-15,17H,3-11H2,1-2H3,(H,18,19)/t12?,13-,15?/m0/s1. The molecule has 0 aromatic carbocycles. The molecule has 1 amide bonds. The molecule has 0 bridgehead atoms. The highest BCUT2D eigenvalue weighted by Crippen LogP contribution is 2.26. The minimum absolute atomic E-state index is 0.226. The number of carbonyl (C=O) groups is 1. The highest BCUT2D eigenvalue weighted by Gasteiger charge is 2.27.